The van der Waals surface area contributed by atoms with E-state index in [1.807, 2.05) is 18.2 Å². The van der Waals surface area contributed by atoms with Crippen LogP contribution in [0.15, 0.2) is 18.2 Å². The first-order valence-electron chi connectivity index (χ1n) is 4.97. The molecule has 2 N–H and O–H groups in total. The van der Waals surface area contributed by atoms with Gasteiger partial charge in [0.25, 0.3) is 0 Å². The summed E-state index contributed by atoms with van der Waals surface area (Å²) in [6.45, 7) is 1.48. The summed E-state index contributed by atoms with van der Waals surface area (Å²) < 4.78 is 5.31. The summed E-state index contributed by atoms with van der Waals surface area (Å²) >= 11 is 12.2. The van der Waals surface area contributed by atoms with Gasteiger partial charge in [0, 0.05) is 34.2 Å². The van der Waals surface area contributed by atoms with E-state index in [1.54, 1.807) is 0 Å². The molecular weight excluding hydrogens is 233 g/mol. The molecule has 0 amide bonds. The molecule has 2 rings (SSSR count). The molecule has 15 heavy (non-hydrogen) atoms. The van der Waals surface area contributed by atoms with Crippen LogP contribution in [0.1, 0.15) is 18.0 Å². The first-order chi connectivity index (χ1) is 7.20. The molecule has 4 heteroatoms. The largest absolute Gasteiger partial charge is 0.381 e. The highest BCUT2D eigenvalue weighted by Gasteiger charge is 2.26. The number of hydrogen-bond acceptors (Lipinski definition) is 2. The molecule has 1 fully saturated rings. The average Bonchev–Trinajstić information content (AvgIpc) is 2.69. The summed E-state index contributed by atoms with van der Waals surface area (Å²) in [6.07, 6.45) is 0.975. The summed E-state index contributed by atoms with van der Waals surface area (Å²) in [7, 11) is 0. The van der Waals surface area contributed by atoms with Crippen LogP contribution in [-0.4, -0.2) is 13.2 Å². The number of hydrogen-bond donors (Lipinski definition) is 1. The van der Waals surface area contributed by atoms with Gasteiger partial charge in [-0.25, -0.2) is 0 Å². The SMILES string of the molecule is NC(c1c(Cl)cccc1Cl)C1CCOC1. The van der Waals surface area contributed by atoms with Crippen LogP contribution in [0, 0.1) is 5.92 Å². The third-order valence-electron chi connectivity index (χ3n) is 2.81. The second-order valence-electron chi connectivity index (χ2n) is 3.78. The molecular formula is C11H13Cl2NO. The first kappa shape index (κ1) is 11.2. The molecule has 1 aliphatic rings. The molecule has 82 valence electrons. The average molecular weight is 246 g/mol. The predicted octanol–water partition coefficient (Wildman–Crippen LogP) is 3.03. The van der Waals surface area contributed by atoms with Gasteiger partial charge in [-0.05, 0) is 18.6 Å². The van der Waals surface area contributed by atoms with E-state index >= 15 is 0 Å². The van der Waals surface area contributed by atoms with Gasteiger partial charge >= 0.3 is 0 Å². The molecule has 0 aromatic heterocycles. The summed E-state index contributed by atoms with van der Waals surface area (Å²) in [5, 5.41) is 1.28. The molecule has 2 atom stereocenters. The molecule has 1 aromatic rings. The summed E-state index contributed by atoms with van der Waals surface area (Å²) in [4.78, 5) is 0. The van der Waals surface area contributed by atoms with Crippen molar-refractivity contribution >= 4 is 23.2 Å². The van der Waals surface area contributed by atoms with Gasteiger partial charge in [0.2, 0.25) is 0 Å². The lowest BCUT2D eigenvalue weighted by atomic mass is 9.93. The van der Waals surface area contributed by atoms with Crippen molar-refractivity contribution < 1.29 is 4.74 Å². The first-order valence-corrected chi connectivity index (χ1v) is 5.73. The molecule has 1 aromatic carbocycles. The highest BCUT2D eigenvalue weighted by Crippen LogP contribution is 2.35. The van der Waals surface area contributed by atoms with Gasteiger partial charge in [-0.2, -0.15) is 0 Å². The predicted molar refractivity (Wildman–Crippen MR) is 62.3 cm³/mol. The van der Waals surface area contributed by atoms with Crippen molar-refractivity contribution in [2.75, 3.05) is 13.2 Å². The van der Waals surface area contributed by atoms with Crippen molar-refractivity contribution in [3.05, 3.63) is 33.8 Å². The number of ether oxygens (including phenoxy) is 1. The molecule has 0 spiro atoms. The van der Waals surface area contributed by atoms with Crippen LogP contribution < -0.4 is 5.73 Å². The van der Waals surface area contributed by atoms with Crippen molar-refractivity contribution in [2.24, 2.45) is 11.7 Å². The fourth-order valence-electron chi connectivity index (χ4n) is 1.90. The lowest BCUT2D eigenvalue weighted by Gasteiger charge is -2.20. The minimum atomic E-state index is -0.131. The molecule has 1 aliphatic heterocycles. The minimum Gasteiger partial charge on any atom is -0.381 e. The Labute approximate surface area is 99.3 Å². The van der Waals surface area contributed by atoms with Crippen molar-refractivity contribution in [3.63, 3.8) is 0 Å². The molecule has 2 unspecified atom stereocenters. The Balaban J connectivity index is 2.27. The van der Waals surface area contributed by atoms with Crippen molar-refractivity contribution in [3.8, 4) is 0 Å². The fraction of sp³-hybridized carbons (Fsp3) is 0.455. The third-order valence-corrected chi connectivity index (χ3v) is 3.46. The van der Waals surface area contributed by atoms with Gasteiger partial charge in [0.05, 0.1) is 6.61 Å². The second kappa shape index (κ2) is 4.71. The van der Waals surface area contributed by atoms with E-state index in [4.69, 9.17) is 33.7 Å². The Morgan fingerprint density at radius 3 is 2.53 bits per heavy atom. The Morgan fingerprint density at radius 2 is 2.00 bits per heavy atom. The maximum Gasteiger partial charge on any atom is 0.0513 e. The van der Waals surface area contributed by atoms with E-state index in [9.17, 15) is 0 Å². The second-order valence-corrected chi connectivity index (χ2v) is 4.60. The van der Waals surface area contributed by atoms with Gasteiger partial charge in [-0.3, -0.25) is 0 Å². The smallest absolute Gasteiger partial charge is 0.0513 e. The van der Waals surface area contributed by atoms with Gasteiger partial charge in [0.15, 0.2) is 0 Å². The lowest BCUT2D eigenvalue weighted by Crippen LogP contribution is -2.22. The normalized spacial score (nSPS) is 23.0. The fourth-order valence-corrected chi connectivity index (χ4v) is 2.55. The minimum absolute atomic E-state index is 0.131. The molecule has 0 aliphatic carbocycles. The van der Waals surface area contributed by atoms with Crippen molar-refractivity contribution in [1.82, 2.24) is 0 Å². The third kappa shape index (κ3) is 2.28. The highest BCUT2D eigenvalue weighted by molar-refractivity contribution is 6.36. The summed E-state index contributed by atoms with van der Waals surface area (Å²) in [5.41, 5.74) is 7.00. The molecule has 0 bridgehead atoms. The van der Waals surface area contributed by atoms with Crippen LogP contribution >= 0.6 is 23.2 Å². The number of nitrogens with two attached hydrogens (primary N) is 1. The Hall–Kier alpha value is -0.280. The summed E-state index contributed by atoms with van der Waals surface area (Å²) in [6, 6.07) is 5.33. The number of halogens is 2. The summed E-state index contributed by atoms with van der Waals surface area (Å²) in [5.74, 6) is 0.322. The van der Waals surface area contributed by atoms with E-state index < -0.39 is 0 Å². The highest BCUT2D eigenvalue weighted by atomic mass is 35.5. The Morgan fingerprint density at radius 1 is 1.33 bits per heavy atom. The van der Waals surface area contributed by atoms with E-state index in [1.165, 1.54) is 0 Å². The standard InChI is InChI=1S/C11H13Cl2NO/c12-8-2-1-3-9(13)10(8)11(14)7-4-5-15-6-7/h1-3,7,11H,4-6,14H2. The molecule has 0 saturated carbocycles. The van der Waals surface area contributed by atoms with Gasteiger partial charge in [-0.1, -0.05) is 29.3 Å². The monoisotopic (exact) mass is 245 g/mol. The van der Waals surface area contributed by atoms with Crippen LogP contribution in [0.5, 0.6) is 0 Å². The van der Waals surface area contributed by atoms with E-state index in [-0.39, 0.29) is 6.04 Å². The van der Waals surface area contributed by atoms with Gasteiger partial charge < -0.3 is 10.5 Å². The van der Waals surface area contributed by atoms with Crippen LogP contribution in [0.3, 0.4) is 0 Å². The van der Waals surface area contributed by atoms with Crippen LogP contribution in [0.2, 0.25) is 10.0 Å². The topological polar surface area (TPSA) is 35.2 Å². The van der Waals surface area contributed by atoms with E-state index in [0.717, 1.165) is 18.6 Å². The molecule has 1 saturated heterocycles. The van der Waals surface area contributed by atoms with Crippen molar-refractivity contribution in [1.29, 1.82) is 0 Å². The Bertz CT molecular complexity index is 330. The van der Waals surface area contributed by atoms with Crippen molar-refractivity contribution in [2.45, 2.75) is 12.5 Å². The molecule has 1 heterocycles. The zero-order valence-corrected chi connectivity index (χ0v) is 9.76. The number of rotatable bonds is 2. The maximum absolute atomic E-state index is 6.15. The van der Waals surface area contributed by atoms with Crippen LogP contribution in [0.4, 0.5) is 0 Å². The van der Waals surface area contributed by atoms with Gasteiger partial charge in [0.1, 0.15) is 0 Å². The van der Waals surface area contributed by atoms with Gasteiger partial charge in [-0.15, -0.1) is 0 Å². The molecule has 2 nitrogen and oxygen atoms in total. The Kier molecular flexibility index (Phi) is 3.52. The maximum atomic E-state index is 6.15. The lowest BCUT2D eigenvalue weighted by molar-refractivity contribution is 0.181. The zero-order valence-electron chi connectivity index (χ0n) is 8.25. The van der Waals surface area contributed by atoms with Crippen LogP contribution in [0.25, 0.3) is 0 Å². The molecule has 0 radical (unpaired) electrons. The number of benzene rings is 1. The van der Waals surface area contributed by atoms with Crippen LogP contribution in [-0.2, 0) is 4.74 Å². The van der Waals surface area contributed by atoms with E-state index in [2.05, 4.69) is 0 Å². The zero-order chi connectivity index (χ0) is 10.8. The van der Waals surface area contributed by atoms with E-state index in [0.29, 0.717) is 22.6 Å². The quantitative estimate of drug-likeness (QED) is 0.870.